The predicted molar refractivity (Wildman–Crippen MR) is 64.3 cm³/mol. The van der Waals surface area contributed by atoms with Crippen molar-refractivity contribution in [2.24, 2.45) is 0 Å². The molecule has 6 heteroatoms. The summed E-state index contributed by atoms with van der Waals surface area (Å²) >= 11 is 0. The standard InChI is InChI=1S/C12H20F3N3/c1-5-11(3,4)16-6-9(2)18-8-10(7-17-18)12(13,14)15/h7-9,16H,5-6H2,1-4H3. The van der Waals surface area contributed by atoms with Crippen molar-refractivity contribution in [1.29, 1.82) is 0 Å². The minimum absolute atomic E-state index is 0.0196. The van der Waals surface area contributed by atoms with Crippen LogP contribution in [0.4, 0.5) is 13.2 Å². The Morgan fingerprint density at radius 2 is 2.00 bits per heavy atom. The topological polar surface area (TPSA) is 29.9 Å². The van der Waals surface area contributed by atoms with E-state index in [4.69, 9.17) is 0 Å². The first-order valence-corrected chi connectivity index (χ1v) is 6.02. The molecule has 0 radical (unpaired) electrons. The maximum Gasteiger partial charge on any atom is 0.419 e. The van der Waals surface area contributed by atoms with Gasteiger partial charge in [-0.2, -0.15) is 18.3 Å². The molecule has 1 heterocycles. The van der Waals surface area contributed by atoms with E-state index in [1.807, 2.05) is 6.92 Å². The molecule has 1 atom stereocenters. The van der Waals surface area contributed by atoms with Gasteiger partial charge in [0.05, 0.1) is 17.8 Å². The van der Waals surface area contributed by atoms with Gasteiger partial charge in [-0.15, -0.1) is 0 Å². The van der Waals surface area contributed by atoms with Gasteiger partial charge in [0.2, 0.25) is 0 Å². The second-order valence-electron chi connectivity index (χ2n) is 5.17. The van der Waals surface area contributed by atoms with Gasteiger partial charge in [-0.05, 0) is 27.2 Å². The third kappa shape index (κ3) is 4.01. The van der Waals surface area contributed by atoms with E-state index in [-0.39, 0.29) is 11.6 Å². The first-order chi connectivity index (χ1) is 8.15. The van der Waals surface area contributed by atoms with E-state index in [1.165, 1.54) is 4.68 Å². The maximum atomic E-state index is 12.4. The van der Waals surface area contributed by atoms with Crippen LogP contribution < -0.4 is 5.32 Å². The Bertz CT molecular complexity index is 382. The van der Waals surface area contributed by atoms with Crippen LogP contribution in [0.2, 0.25) is 0 Å². The van der Waals surface area contributed by atoms with Crippen molar-refractivity contribution < 1.29 is 13.2 Å². The van der Waals surface area contributed by atoms with Gasteiger partial charge in [0.15, 0.2) is 0 Å². The number of hydrogen-bond acceptors (Lipinski definition) is 2. The molecule has 0 spiro atoms. The zero-order chi connectivity index (χ0) is 14.0. The van der Waals surface area contributed by atoms with Crippen LogP contribution in [-0.2, 0) is 6.18 Å². The normalized spacial score (nSPS) is 14.8. The van der Waals surface area contributed by atoms with Crippen LogP contribution in [0, 0.1) is 0 Å². The summed E-state index contributed by atoms with van der Waals surface area (Å²) in [6.45, 7) is 8.60. The van der Waals surface area contributed by atoms with Crippen LogP contribution in [0.25, 0.3) is 0 Å². The number of nitrogens with zero attached hydrogens (tertiary/aromatic N) is 2. The van der Waals surface area contributed by atoms with Crippen LogP contribution in [-0.4, -0.2) is 21.9 Å². The first-order valence-electron chi connectivity index (χ1n) is 6.02. The minimum atomic E-state index is -4.33. The summed E-state index contributed by atoms with van der Waals surface area (Å²) < 4.78 is 38.6. The summed E-state index contributed by atoms with van der Waals surface area (Å²) in [7, 11) is 0. The fourth-order valence-corrected chi connectivity index (χ4v) is 1.37. The number of hydrogen-bond donors (Lipinski definition) is 1. The minimum Gasteiger partial charge on any atom is -0.310 e. The lowest BCUT2D eigenvalue weighted by Gasteiger charge is -2.26. The van der Waals surface area contributed by atoms with E-state index in [0.29, 0.717) is 6.54 Å². The molecule has 1 rings (SSSR count). The van der Waals surface area contributed by atoms with E-state index in [2.05, 4.69) is 31.2 Å². The highest BCUT2D eigenvalue weighted by molar-refractivity contribution is 5.08. The van der Waals surface area contributed by atoms with E-state index >= 15 is 0 Å². The number of rotatable bonds is 5. The Hall–Kier alpha value is -1.04. The summed E-state index contributed by atoms with van der Waals surface area (Å²) in [5.41, 5.74) is -0.724. The number of halogens is 3. The third-order valence-electron chi connectivity index (χ3n) is 3.14. The molecular weight excluding hydrogens is 243 g/mol. The van der Waals surface area contributed by atoms with Crippen LogP contribution >= 0.6 is 0 Å². The largest absolute Gasteiger partial charge is 0.419 e. The second kappa shape index (κ2) is 5.30. The molecule has 1 aromatic heterocycles. The smallest absolute Gasteiger partial charge is 0.310 e. The Morgan fingerprint density at radius 3 is 2.44 bits per heavy atom. The molecule has 0 aromatic carbocycles. The van der Waals surface area contributed by atoms with Gasteiger partial charge in [-0.1, -0.05) is 6.92 Å². The first kappa shape index (κ1) is 15.0. The highest BCUT2D eigenvalue weighted by Gasteiger charge is 2.32. The Kier molecular flexibility index (Phi) is 4.42. The van der Waals surface area contributed by atoms with Crippen molar-refractivity contribution >= 4 is 0 Å². The fraction of sp³-hybridized carbons (Fsp3) is 0.750. The number of alkyl halides is 3. The highest BCUT2D eigenvalue weighted by Crippen LogP contribution is 2.29. The molecule has 0 saturated heterocycles. The molecular formula is C12H20F3N3. The van der Waals surface area contributed by atoms with Crippen LogP contribution in [0.15, 0.2) is 12.4 Å². The zero-order valence-corrected chi connectivity index (χ0v) is 11.2. The molecule has 1 aromatic rings. The van der Waals surface area contributed by atoms with Crippen LogP contribution in [0.1, 0.15) is 45.7 Å². The van der Waals surface area contributed by atoms with Crippen molar-refractivity contribution in [2.45, 2.75) is 51.9 Å². The van der Waals surface area contributed by atoms with Gasteiger partial charge in [0, 0.05) is 18.3 Å². The van der Waals surface area contributed by atoms with Gasteiger partial charge in [-0.3, -0.25) is 4.68 Å². The monoisotopic (exact) mass is 263 g/mol. The van der Waals surface area contributed by atoms with Crippen molar-refractivity contribution in [3.05, 3.63) is 18.0 Å². The van der Waals surface area contributed by atoms with E-state index in [9.17, 15) is 13.2 Å². The Morgan fingerprint density at radius 1 is 1.39 bits per heavy atom. The summed E-state index contributed by atoms with van der Waals surface area (Å²) in [5, 5.41) is 7.08. The number of aromatic nitrogens is 2. The Balaban J connectivity index is 2.63. The maximum absolute atomic E-state index is 12.4. The van der Waals surface area contributed by atoms with E-state index in [1.54, 1.807) is 0 Å². The average molecular weight is 263 g/mol. The molecule has 0 bridgehead atoms. The zero-order valence-electron chi connectivity index (χ0n) is 11.2. The second-order valence-corrected chi connectivity index (χ2v) is 5.17. The fourth-order valence-electron chi connectivity index (χ4n) is 1.37. The van der Waals surface area contributed by atoms with Gasteiger partial charge in [-0.25, -0.2) is 0 Å². The van der Waals surface area contributed by atoms with Crippen LogP contribution in [0.5, 0.6) is 0 Å². The lowest BCUT2D eigenvalue weighted by atomic mass is 10.0. The van der Waals surface area contributed by atoms with Crippen molar-refractivity contribution in [2.75, 3.05) is 6.54 Å². The average Bonchev–Trinajstić information content (AvgIpc) is 2.75. The highest BCUT2D eigenvalue weighted by atomic mass is 19.4. The molecule has 0 fully saturated rings. The van der Waals surface area contributed by atoms with Gasteiger partial charge in [0.25, 0.3) is 0 Å². The molecule has 1 unspecified atom stereocenters. The van der Waals surface area contributed by atoms with Gasteiger partial charge < -0.3 is 5.32 Å². The third-order valence-corrected chi connectivity index (χ3v) is 3.14. The van der Waals surface area contributed by atoms with Crippen LogP contribution in [0.3, 0.4) is 0 Å². The predicted octanol–water partition coefficient (Wildman–Crippen LogP) is 3.24. The van der Waals surface area contributed by atoms with Gasteiger partial charge >= 0.3 is 6.18 Å². The lowest BCUT2D eigenvalue weighted by molar-refractivity contribution is -0.137. The molecule has 0 aliphatic carbocycles. The van der Waals surface area contributed by atoms with Gasteiger partial charge in [0.1, 0.15) is 0 Å². The molecule has 0 amide bonds. The summed E-state index contributed by atoms with van der Waals surface area (Å²) in [5.74, 6) is 0. The molecule has 3 nitrogen and oxygen atoms in total. The lowest BCUT2D eigenvalue weighted by Crippen LogP contribution is -2.41. The molecule has 1 N–H and O–H groups in total. The van der Waals surface area contributed by atoms with Crippen molar-refractivity contribution in [3.8, 4) is 0 Å². The SMILES string of the molecule is CCC(C)(C)NCC(C)n1cc(C(F)(F)F)cn1. The van der Waals surface area contributed by atoms with Crippen molar-refractivity contribution in [1.82, 2.24) is 15.1 Å². The molecule has 0 aliphatic heterocycles. The summed E-state index contributed by atoms with van der Waals surface area (Å²) in [6, 6.07) is -0.119. The van der Waals surface area contributed by atoms with E-state index < -0.39 is 11.7 Å². The molecule has 0 aliphatic rings. The molecule has 18 heavy (non-hydrogen) atoms. The Labute approximate surface area is 105 Å². The summed E-state index contributed by atoms with van der Waals surface area (Å²) in [4.78, 5) is 0. The molecule has 104 valence electrons. The number of nitrogens with one attached hydrogen (secondary N) is 1. The van der Waals surface area contributed by atoms with E-state index in [0.717, 1.165) is 18.8 Å². The molecule has 0 saturated carbocycles. The quantitative estimate of drug-likeness (QED) is 0.883. The van der Waals surface area contributed by atoms with Crippen molar-refractivity contribution in [3.63, 3.8) is 0 Å². The summed E-state index contributed by atoms with van der Waals surface area (Å²) in [6.07, 6.45) is -1.46.